The molecule has 1 aromatic rings. The summed E-state index contributed by atoms with van der Waals surface area (Å²) in [6.07, 6.45) is -0.752. The molecule has 1 amide bonds. The second kappa shape index (κ2) is 5.62. The Kier molecular flexibility index (Phi) is 4.19. The predicted octanol–water partition coefficient (Wildman–Crippen LogP) is -0.231. The van der Waals surface area contributed by atoms with E-state index >= 15 is 0 Å². The quantitative estimate of drug-likeness (QED) is 0.423. The van der Waals surface area contributed by atoms with Crippen LogP contribution in [0.2, 0.25) is 0 Å². The zero-order valence-corrected chi connectivity index (χ0v) is 9.08. The van der Waals surface area contributed by atoms with Crippen LogP contribution in [0, 0.1) is 10.1 Å². The number of carboxylic acids is 1. The fourth-order valence-corrected chi connectivity index (χ4v) is 1.17. The summed E-state index contributed by atoms with van der Waals surface area (Å²) in [5.74, 6) is -2.47. The largest absolute Gasteiger partial charge is 0.550 e. The third-order valence-electron chi connectivity index (χ3n) is 2.02. The van der Waals surface area contributed by atoms with Crippen LogP contribution < -0.4 is 10.4 Å². The maximum absolute atomic E-state index is 11.2. The first-order valence-corrected chi connectivity index (χ1v) is 4.87. The van der Waals surface area contributed by atoms with Gasteiger partial charge in [-0.2, -0.15) is 0 Å². The number of amides is 1. The van der Waals surface area contributed by atoms with Crippen molar-refractivity contribution < 1.29 is 24.7 Å². The first-order valence-electron chi connectivity index (χ1n) is 4.87. The van der Waals surface area contributed by atoms with Crippen molar-refractivity contribution in [1.82, 2.24) is 0 Å². The van der Waals surface area contributed by atoms with Crippen molar-refractivity contribution in [1.29, 1.82) is 0 Å². The van der Waals surface area contributed by atoms with Gasteiger partial charge in [0.25, 0.3) is 5.69 Å². The Morgan fingerprint density at radius 3 is 2.50 bits per heavy atom. The Balaban J connectivity index is 2.70. The van der Waals surface area contributed by atoms with Crippen molar-refractivity contribution in [3.8, 4) is 5.75 Å². The van der Waals surface area contributed by atoms with Crippen LogP contribution in [0.25, 0.3) is 0 Å². The second-order valence-electron chi connectivity index (χ2n) is 3.38. The third-order valence-corrected chi connectivity index (χ3v) is 2.02. The van der Waals surface area contributed by atoms with Gasteiger partial charge >= 0.3 is 0 Å². The highest BCUT2D eigenvalue weighted by Gasteiger charge is 2.11. The number of hydrogen-bond acceptors (Lipinski definition) is 6. The first kappa shape index (κ1) is 13.4. The lowest BCUT2D eigenvalue weighted by molar-refractivity contribution is -0.384. The van der Waals surface area contributed by atoms with Crippen LogP contribution in [0.4, 0.5) is 11.4 Å². The van der Waals surface area contributed by atoms with E-state index in [2.05, 4.69) is 5.32 Å². The molecule has 0 atom stereocenters. The number of nitrogens with one attached hydrogen (secondary N) is 1. The van der Waals surface area contributed by atoms with E-state index in [4.69, 9.17) is 0 Å². The maximum Gasteiger partial charge on any atom is 0.273 e. The van der Waals surface area contributed by atoms with Crippen LogP contribution in [-0.2, 0) is 9.59 Å². The van der Waals surface area contributed by atoms with E-state index in [9.17, 15) is 29.9 Å². The minimum atomic E-state index is -1.36. The summed E-state index contributed by atoms with van der Waals surface area (Å²) in [6.45, 7) is 0. The van der Waals surface area contributed by atoms with Gasteiger partial charge in [-0.15, -0.1) is 0 Å². The van der Waals surface area contributed by atoms with Crippen LogP contribution in [0.15, 0.2) is 18.2 Å². The minimum Gasteiger partial charge on any atom is -0.550 e. The Morgan fingerprint density at radius 2 is 2.00 bits per heavy atom. The predicted molar refractivity (Wildman–Crippen MR) is 57.6 cm³/mol. The average molecular weight is 253 g/mol. The molecule has 0 unspecified atom stereocenters. The molecule has 8 nitrogen and oxygen atoms in total. The summed E-state index contributed by atoms with van der Waals surface area (Å²) >= 11 is 0. The molecule has 0 saturated carbocycles. The van der Waals surface area contributed by atoms with Crippen LogP contribution in [0.3, 0.4) is 0 Å². The number of carbonyl (C=O) groups excluding carboxylic acids is 2. The normalized spacial score (nSPS) is 9.78. The number of carbonyl (C=O) groups is 2. The second-order valence-corrected chi connectivity index (χ2v) is 3.38. The van der Waals surface area contributed by atoms with Crippen molar-refractivity contribution in [2.45, 2.75) is 12.8 Å². The Bertz CT molecular complexity index is 499. The first-order chi connectivity index (χ1) is 8.40. The summed E-state index contributed by atoms with van der Waals surface area (Å²) in [4.78, 5) is 31.1. The number of nitrogens with zero attached hydrogens (tertiary/aromatic N) is 1. The number of anilines is 1. The molecular weight excluding hydrogens is 244 g/mol. The number of aromatic hydroxyl groups is 1. The van der Waals surface area contributed by atoms with E-state index in [0.29, 0.717) is 0 Å². The van der Waals surface area contributed by atoms with Gasteiger partial charge < -0.3 is 20.3 Å². The summed E-state index contributed by atoms with van der Waals surface area (Å²) in [5, 5.41) is 32.2. The fourth-order valence-electron chi connectivity index (χ4n) is 1.17. The Morgan fingerprint density at radius 1 is 1.33 bits per heavy atom. The van der Waals surface area contributed by atoms with Gasteiger partial charge in [-0.05, 0) is 12.5 Å². The van der Waals surface area contributed by atoms with Gasteiger partial charge in [0.1, 0.15) is 5.75 Å². The smallest absolute Gasteiger partial charge is 0.273 e. The van der Waals surface area contributed by atoms with E-state index in [0.717, 1.165) is 18.2 Å². The SMILES string of the molecule is O=C([O-])CCC(=O)Nc1ccc([N+](=O)[O-])cc1O. The molecule has 1 aromatic carbocycles. The summed E-state index contributed by atoms with van der Waals surface area (Å²) in [6, 6.07) is 3.15. The Labute approximate surface area is 101 Å². The highest BCUT2D eigenvalue weighted by atomic mass is 16.6. The van der Waals surface area contributed by atoms with Gasteiger partial charge in [-0.25, -0.2) is 0 Å². The number of aliphatic carboxylic acids is 1. The molecule has 0 fully saturated rings. The summed E-state index contributed by atoms with van der Waals surface area (Å²) < 4.78 is 0. The lowest BCUT2D eigenvalue weighted by Gasteiger charge is -2.07. The molecule has 18 heavy (non-hydrogen) atoms. The van der Waals surface area contributed by atoms with Gasteiger partial charge in [0.05, 0.1) is 16.7 Å². The van der Waals surface area contributed by atoms with Gasteiger partial charge in [0.15, 0.2) is 0 Å². The van der Waals surface area contributed by atoms with E-state index < -0.39 is 29.0 Å². The zero-order valence-electron chi connectivity index (χ0n) is 9.08. The highest BCUT2D eigenvalue weighted by Crippen LogP contribution is 2.27. The molecule has 0 aliphatic carbocycles. The number of benzene rings is 1. The Hall–Kier alpha value is -2.64. The molecule has 96 valence electrons. The van der Waals surface area contributed by atoms with Crippen molar-refractivity contribution >= 4 is 23.3 Å². The number of hydrogen-bond donors (Lipinski definition) is 2. The van der Waals surface area contributed by atoms with Crippen LogP contribution in [0.5, 0.6) is 5.75 Å². The van der Waals surface area contributed by atoms with Crippen molar-refractivity contribution in [2.75, 3.05) is 5.32 Å². The third kappa shape index (κ3) is 3.74. The molecule has 0 radical (unpaired) electrons. The lowest BCUT2D eigenvalue weighted by Crippen LogP contribution is -2.24. The topological polar surface area (TPSA) is 133 Å². The van der Waals surface area contributed by atoms with Crippen LogP contribution >= 0.6 is 0 Å². The monoisotopic (exact) mass is 253 g/mol. The fraction of sp³-hybridized carbons (Fsp3) is 0.200. The minimum absolute atomic E-state index is 0.0241. The molecule has 0 heterocycles. The van der Waals surface area contributed by atoms with E-state index in [-0.39, 0.29) is 17.8 Å². The molecule has 0 aromatic heterocycles. The average Bonchev–Trinajstić information content (AvgIpc) is 2.29. The van der Waals surface area contributed by atoms with Crippen LogP contribution in [0.1, 0.15) is 12.8 Å². The van der Waals surface area contributed by atoms with Crippen molar-refractivity contribution in [3.63, 3.8) is 0 Å². The maximum atomic E-state index is 11.2. The number of carboxylic acid groups (broad SMARTS) is 1. The van der Waals surface area contributed by atoms with Gasteiger partial charge in [-0.1, -0.05) is 0 Å². The number of non-ortho nitro benzene ring substituents is 1. The van der Waals surface area contributed by atoms with Gasteiger partial charge in [-0.3, -0.25) is 14.9 Å². The number of phenols is 1. The molecule has 0 bridgehead atoms. The summed E-state index contributed by atoms with van der Waals surface area (Å²) in [7, 11) is 0. The van der Waals surface area contributed by atoms with Gasteiger partial charge in [0.2, 0.25) is 5.91 Å². The number of phenolic OH excluding ortho intramolecular Hbond substituents is 1. The molecule has 8 heteroatoms. The molecule has 0 aliphatic rings. The molecule has 0 saturated heterocycles. The molecule has 0 spiro atoms. The number of nitro groups is 1. The standard InChI is InChI=1S/C10H10N2O6/c13-8-5-6(12(17)18)1-2-7(8)11-9(14)3-4-10(15)16/h1-2,5,13H,3-4H2,(H,11,14)(H,15,16)/p-1. The highest BCUT2D eigenvalue weighted by molar-refractivity contribution is 5.93. The molecule has 1 rings (SSSR count). The molecule has 2 N–H and O–H groups in total. The lowest BCUT2D eigenvalue weighted by atomic mass is 10.2. The van der Waals surface area contributed by atoms with Gasteiger partial charge in [0, 0.05) is 18.5 Å². The van der Waals surface area contributed by atoms with E-state index in [1.54, 1.807) is 0 Å². The number of rotatable bonds is 5. The number of nitro benzene ring substituents is 1. The van der Waals surface area contributed by atoms with Crippen LogP contribution in [-0.4, -0.2) is 21.9 Å². The van der Waals surface area contributed by atoms with E-state index in [1.807, 2.05) is 0 Å². The zero-order chi connectivity index (χ0) is 13.7. The van der Waals surface area contributed by atoms with E-state index in [1.165, 1.54) is 0 Å². The molecular formula is C10H9N2O6-. The molecule has 0 aliphatic heterocycles. The van der Waals surface area contributed by atoms with Crippen molar-refractivity contribution in [3.05, 3.63) is 28.3 Å². The van der Waals surface area contributed by atoms with Crippen molar-refractivity contribution in [2.24, 2.45) is 0 Å². The summed E-state index contributed by atoms with van der Waals surface area (Å²) in [5.41, 5.74) is -0.343.